The molecule has 1 atom stereocenters. The van der Waals surface area contributed by atoms with Crippen LogP contribution in [0.3, 0.4) is 0 Å². The summed E-state index contributed by atoms with van der Waals surface area (Å²) in [5, 5.41) is 2.91. The van der Waals surface area contributed by atoms with Gasteiger partial charge in [0.2, 0.25) is 5.91 Å². The van der Waals surface area contributed by atoms with Crippen molar-refractivity contribution in [3.05, 3.63) is 45.7 Å². The Morgan fingerprint density at radius 2 is 2.00 bits per heavy atom. The topological polar surface area (TPSA) is 66.5 Å². The van der Waals surface area contributed by atoms with Gasteiger partial charge in [-0.2, -0.15) is 4.31 Å². The predicted molar refractivity (Wildman–Crippen MR) is 108 cm³/mol. The molecule has 0 saturated carbocycles. The largest absolute Gasteiger partial charge is 0.326 e. The molecule has 3 rings (SSSR count). The normalized spacial score (nSPS) is 18.6. The molecule has 1 unspecified atom stereocenters. The number of thiophene rings is 1. The third-order valence-corrected chi connectivity index (χ3v) is 8.48. The zero-order chi connectivity index (χ0) is 18.7. The van der Waals surface area contributed by atoms with E-state index in [-0.39, 0.29) is 18.4 Å². The maximum absolute atomic E-state index is 12.8. The Morgan fingerprint density at radius 3 is 2.62 bits per heavy atom. The first-order valence-electron chi connectivity index (χ1n) is 8.55. The molecule has 0 spiro atoms. The molecule has 2 aromatic rings. The average molecular weight is 457 g/mol. The lowest BCUT2D eigenvalue weighted by Gasteiger charge is -2.30. The van der Waals surface area contributed by atoms with Crippen LogP contribution in [0.25, 0.3) is 0 Å². The smallest absolute Gasteiger partial charge is 0.252 e. The van der Waals surface area contributed by atoms with Gasteiger partial charge in [0.05, 0.1) is 9.70 Å². The quantitative estimate of drug-likeness (QED) is 0.735. The standard InChI is InChI=1S/C18H21BrN2O3S2/c1-2-13-5-7-15(8-6-13)20-18(22)14-4-3-11-21(12-14)26(23,24)17-10-9-16(19)25-17/h5-10,14H,2-4,11-12H2,1H3,(H,20,22). The summed E-state index contributed by atoms with van der Waals surface area (Å²) in [6.07, 6.45) is 2.32. The van der Waals surface area contributed by atoms with E-state index in [2.05, 4.69) is 28.2 Å². The predicted octanol–water partition coefficient (Wildman–Crippen LogP) is 4.11. The summed E-state index contributed by atoms with van der Waals surface area (Å²) in [5.41, 5.74) is 1.95. The molecule has 0 aliphatic carbocycles. The van der Waals surface area contributed by atoms with Gasteiger partial charge in [-0.05, 0) is 65.0 Å². The van der Waals surface area contributed by atoms with Gasteiger partial charge in [0, 0.05) is 18.8 Å². The molecule has 0 bridgehead atoms. The van der Waals surface area contributed by atoms with Crippen LogP contribution in [0.2, 0.25) is 0 Å². The van der Waals surface area contributed by atoms with Crippen LogP contribution in [0, 0.1) is 5.92 Å². The number of benzene rings is 1. The second-order valence-corrected chi connectivity index (χ2v) is 10.9. The monoisotopic (exact) mass is 456 g/mol. The van der Waals surface area contributed by atoms with Crippen LogP contribution in [0.4, 0.5) is 5.69 Å². The van der Waals surface area contributed by atoms with Crippen LogP contribution < -0.4 is 5.32 Å². The number of amides is 1. The Morgan fingerprint density at radius 1 is 1.27 bits per heavy atom. The molecule has 8 heteroatoms. The first kappa shape index (κ1) is 19.5. The molecule has 0 radical (unpaired) electrons. The number of carbonyl (C=O) groups is 1. The lowest BCUT2D eigenvalue weighted by atomic mass is 9.98. The zero-order valence-corrected chi connectivity index (χ0v) is 17.7. The van der Waals surface area contributed by atoms with Crippen molar-refractivity contribution in [3.63, 3.8) is 0 Å². The summed E-state index contributed by atoms with van der Waals surface area (Å²) in [7, 11) is -3.55. The summed E-state index contributed by atoms with van der Waals surface area (Å²) in [4.78, 5) is 12.6. The number of nitrogens with one attached hydrogen (secondary N) is 1. The molecule has 1 amide bonds. The van der Waals surface area contributed by atoms with Crippen molar-refractivity contribution in [2.45, 2.75) is 30.4 Å². The first-order chi connectivity index (χ1) is 12.4. The summed E-state index contributed by atoms with van der Waals surface area (Å²) in [6.45, 7) is 2.75. The van der Waals surface area contributed by atoms with Crippen LogP contribution in [-0.4, -0.2) is 31.7 Å². The molecular weight excluding hydrogens is 436 g/mol. The van der Waals surface area contributed by atoms with E-state index in [0.717, 1.165) is 15.9 Å². The molecule has 1 aliphatic heterocycles. The molecule has 2 heterocycles. The van der Waals surface area contributed by atoms with Gasteiger partial charge in [-0.3, -0.25) is 4.79 Å². The molecule has 1 N–H and O–H groups in total. The fourth-order valence-corrected chi connectivity index (χ4v) is 6.69. The number of hydrogen-bond donors (Lipinski definition) is 1. The van der Waals surface area contributed by atoms with E-state index in [1.807, 2.05) is 24.3 Å². The van der Waals surface area contributed by atoms with Gasteiger partial charge in [0.25, 0.3) is 10.0 Å². The van der Waals surface area contributed by atoms with Crippen LogP contribution in [0.15, 0.2) is 44.4 Å². The number of aryl methyl sites for hydroxylation is 1. The van der Waals surface area contributed by atoms with E-state index in [1.54, 1.807) is 12.1 Å². The highest BCUT2D eigenvalue weighted by Gasteiger charge is 2.34. The first-order valence-corrected chi connectivity index (χ1v) is 11.6. The van der Waals surface area contributed by atoms with Crippen LogP contribution >= 0.6 is 27.3 Å². The molecule has 1 aromatic heterocycles. The maximum atomic E-state index is 12.8. The second-order valence-electron chi connectivity index (χ2n) is 6.30. The number of rotatable bonds is 5. The van der Waals surface area contributed by atoms with Gasteiger partial charge >= 0.3 is 0 Å². The van der Waals surface area contributed by atoms with E-state index in [0.29, 0.717) is 23.6 Å². The second kappa shape index (κ2) is 8.21. The van der Waals surface area contributed by atoms with Gasteiger partial charge < -0.3 is 5.32 Å². The van der Waals surface area contributed by atoms with Gasteiger partial charge in [0.15, 0.2) is 0 Å². The van der Waals surface area contributed by atoms with Crippen molar-refractivity contribution >= 4 is 48.9 Å². The number of piperidine rings is 1. The number of carbonyl (C=O) groups excluding carboxylic acids is 1. The number of anilines is 1. The SMILES string of the molecule is CCc1ccc(NC(=O)C2CCCN(S(=O)(=O)c3ccc(Br)s3)C2)cc1. The Hall–Kier alpha value is -1.22. The van der Waals surface area contributed by atoms with Crippen molar-refractivity contribution in [1.29, 1.82) is 0 Å². The molecule has 1 aromatic carbocycles. The molecule has 1 aliphatic rings. The Balaban J connectivity index is 1.68. The lowest BCUT2D eigenvalue weighted by Crippen LogP contribution is -2.43. The number of sulfonamides is 1. The number of hydrogen-bond acceptors (Lipinski definition) is 4. The van der Waals surface area contributed by atoms with E-state index in [9.17, 15) is 13.2 Å². The Kier molecular flexibility index (Phi) is 6.17. The van der Waals surface area contributed by atoms with Gasteiger partial charge in [0.1, 0.15) is 4.21 Å². The van der Waals surface area contributed by atoms with Gasteiger partial charge in [-0.1, -0.05) is 19.1 Å². The maximum Gasteiger partial charge on any atom is 0.252 e. The number of halogens is 1. The Labute approximate surface area is 166 Å². The molecule has 26 heavy (non-hydrogen) atoms. The fourth-order valence-electron chi connectivity index (χ4n) is 3.01. The molecule has 140 valence electrons. The minimum Gasteiger partial charge on any atom is -0.326 e. The van der Waals surface area contributed by atoms with E-state index in [1.165, 1.54) is 21.2 Å². The summed E-state index contributed by atoms with van der Waals surface area (Å²) in [5.74, 6) is -0.464. The van der Waals surface area contributed by atoms with E-state index in [4.69, 9.17) is 0 Å². The fraction of sp³-hybridized carbons (Fsp3) is 0.389. The highest BCUT2D eigenvalue weighted by Crippen LogP contribution is 2.31. The van der Waals surface area contributed by atoms with Gasteiger partial charge in [-0.15, -0.1) is 11.3 Å². The number of nitrogens with zero attached hydrogens (tertiary/aromatic N) is 1. The van der Waals surface area contributed by atoms with E-state index >= 15 is 0 Å². The Bertz CT molecular complexity index is 878. The molecule has 1 saturated heterocycles. The third kappa shape index (κ3) is 4.36. The minimum absolute atomic E-state index is 0.124. The highest BCUT2D eigenvalue weighted by molar-refractivity contribution is 9.11. The third-order valence-electron chi connectivity index (χ3n) is 4.53. The van der Waals surface area contributed by atoms with E-state index < -0.39 is 10.0 Å². The van der Waals surface area contributed by atoms with Crippen molar-refractivity contribution in [1.82, 2.24) is 4.31 Å². The van der Waals surface area contributed by atoms with Crippen LogP contribution in [-0.2, 0) is 21.2 Å². The molecular formula is C18H21BrN2O3S2. The average Bonchev–Trinajstić information content (AvgIpc) is 3.10. The summed E-state index contributed by atoms with van der Waals surface area (Å²) >= 11 is 4.49. The summed E-state index contributed by atoms with van der Waals surface area (Å²) < 4.78 is 28.1. The van der Waals surface area contributed by atoms with Gasteiger partial charge in [-0.25, -0.2) is 8.42 Å². The van der Waals surface area contributed by atoms with Crippen LogP contribution in [0.5, 0.6) is 0 Å². The van der Waals surface area contributed by atoms with Crippen molar-refractivity contribution in [3.8, 4) is 0 Å². The minimum atomic E-state index is -3.55. The zero-order valence-electron chi connectivity index (χ0n) is 14.4. The molecule has 1 fully saturated rings. The van der Waals surface area contributed by atoms with Crippen molar-refractivity contribution < 1.29 is 13.2 Å². The molecule has 5 nitrogen and oxygen atoms in total. The summed E-state index contributed by atoms with van der Waals surface area (Å²) in [6, 6.07) is 11.1. The highest BCUT2D eigenvalue weighted by atomic mass is 79.9. The van der Waals surface area contributed by atoms with Crippen molar-refractivity contribution in [2.75, 3.05) is 18.4 Å². The van der Waals surface area contributed by atoms with Crippen molar-refractivity contribution in [2.24, 2.45) is 5.92 Å². The lowest BCUT2D eigenvalue weighted by molar-refractivity contribution is -0.120. The van der Waals surface area contributed by atoms with Crippen LogP contribution in [0.1, 0.15) is 25.3 Å².